The maximum Gasteiger partial charge on any atom is 0.410 e. The fourth-order valence-corrected chi connectivity index (χ4v) is 6.33. The Morgan fingerprint density at radius 2 is 1.12 bits per heavy atom. The number of nitrogens with one attached hydrogen (secondary N) is 1. The molecule has 238 valence electrons. The van der Waals surface area contributed by atoms with Gasteiger partial charge in [-0.2, -0.15) is 0 Å². The van der Waals surface area contributed by atoms with Crippen molar-refractivity contribution in [1.29, 1.82) is 0 Å². The maximum atomic E-state index is 12.5. The molecule has 0 saturated carbocycles. The Balaban J connectivity index is 0.000000408. The summed E-state index contributed by atoms with van der Waals surface area (Å²) in [4.78, 5) is 14.3. The molecule has 8 heteroatoms. The van der Waals surface area contributed by atoms with Crippen LogP contribution in [0.2, 0.25) is 0 Å². The van der Waals surface area contributed by atoms with E-state index in [-0.39, 0.29) is 41.8 Å². The minimum Gasteiger partial charge on any atom is -0.487 e. The van der Waals surface area contributed by atoms with Crippen molar-refractivity contribution in [2.24, 2.45) is 0 Å². The molecule has 2 aliphatic heterocycles. The van der Waals surface area contributed by atoms with Crippen molar-refractivity contribution in [3.63, 3.8) is 0 Å². The maximum absolute atomic E-state index is 12.5. The van der Waals surface area contributed by atoms with Crippen LogP contribution in [0, 0.1) is 0 Å². The molecule has 0 aromatic heterocycles. The Kier molecular flexibility index (Phi) is 14.7. The third-order valence-electron chi connectivity index (χ3n) is 7.27. The molecule has 2 aliphatic rings. The lowest BCUT2D eigenvalue weighted by atomic mass is 9.84. The van der Waals surface area contributed by atoms with Crippen LogP contribution in [-0.4, -0.2) is 64.2 Å². The van der Waals surface area contributed by atoms with Crippen LogP contribution in [-0.2, 0) is 4.74 Å². The molecule has 4 atom stereocenters. The van der Waals surface area contributed by atoms with E-state index in [4.69, 9.17) is 19.3 Å². The van der Waals surface area contributed by atoms with Gasteiger partial charge in [-0.05, 0) is 86.6 Å². The lowest BCUT2D eigenvalue weighted by Gasteiger charge is -2.47. The molecule has 0 bridgehead atoms. The van der Waals surface area contributed by atoms with Crippen LogP contribution in [0.5, 0.6) is 11.5 Å². The second-order valence-corrected chi connectivity index (χ2v) is 13.1. The van der Waals surface area contributed by atoms with Gasteiger partial charge in [-0.3, -0.25) is 0 Å². The van der Waals surface area contributed by atoms with Crippen LogP contribution >= 0.6 is 12.4 Å². The number of piperidine rings is 2. The number of para-hydroxylation sites is 2. The van der Waals surface area contributed by atoms with E-state index in [1.54, 1.807) is 0 Å². The van der Waals surface area contributed by atoms with Crippen LogP contribution in [0.3, 0.4) is 0 Å². The number of likely N-dealkylation sites (tertiary alicyclic amines) is 1. The Labute approximate surface area is 260 Å². The van der Waals surface area contributed by atoms with E-state index in [9.17, 15) is 4.79 Å². The van der Waals surface area contributed by atoms with Crippen molar-refractivity contribution in [1.82, 2.24) is 10.2 Å². The molecule has 2 fully saturated rings. The van der Waals surface area contributed by atoms with Crippen LogP contribution in [0.15, 0.2) is 60.7 Å². The van der Waals surface area contributed by atoms with Gasteiger partial charge in [-0.1, -0.05) is 36.4 Å². The molecule has 2 N–H and O–H groups in total. The number of amides is 1. The van der Waals surface area contributed by atoms with Crippen molar-refractivity contribution in [3.8, 4) is 11.5 Å². The highest BCUT2D eigenvalue weighted by molar-refractivity contribution is 5.85. The highest BCUT2D eigenvalue weighted by atomic mass is 35.5. The number of rotatable bonds is 4. The largest absolute Gasteiger partial charge is 0.487 e. The average molecular weight is 607 g/mol. The fourth-order valence-electron chi connectivity index (χ4n) is 6.33. The zero-order chi connectivity index (χ0) is 30.8. The highest BCUT2D eigenvalue weighted by Gasteiger charge is 2.43. The number of carbonyl (C=O) groups excluding carboxylic acids is 1. The van der Waals surface area contributed by atoms with E-state index < -0.39 is 5.60 Å². The second kappa shape index (κ2) is 16.4. The zero-order valence-corrected chi connectivity index (χ0v) is 28.2. The van der Waals surface area contributed by atoms with Gasteiger partial charge in [0.2, 0.25) is 0 Å². The standard InChI is InChI=1S/C19H29NO3.C14H21NO.CH4O.ClH/c1-14-12-19(6,22-16-10-8-7-9-11-16)13-15(2)20(14)17(21)23-18(3,4)5;1-11-9-14(3,10-12(2)15-11)16-13-7-5-4-6-8-13;1-2;/h7-11,14-15H,12-13H2,1-6H3;4-8,11-12,15H,9-10H2,1-3H3;2H,1H3;1H. The van der Waals surface area contributed by atoms with Gasteiger partial charge in [0.1, 0.15) is 28.3 Å². The van der Waals surface area contributed by atoms with Gasteiger partial charge >= 0.3 is 6.09 Å². The molecule has 2 aromatic rings. The minimum atomic E-state index is -0.474. The molecule has 42 heavy (non-hydrogen) atoms. The average Bonchev–Trinajstić information content (AvgIpc) is 2.84. The monoisotopic (exact) mass is 606 g/mol. The van der Waals surface area contributed by atoms with Gasteiger partial charge in [0.25, 0.3) is 0 Å². The molecule has 4 unspecified atom stereocenters. The van der Waals surface area contributed by atoms with Gasteiger partial charge in [0.05, 0.1) is 0 Å². The van der Waals surface area contributed by atoms with Crippen LogP contribution in [0.25, 0.3) is 0 Å². The number of hydrogen-bond acceptors (Lipinski definition) is 6. The van der Waals surface area contributed by atoms with E-state index in [0.29, 0.717) is 12.1 Å². The van der Waals surface area contributed by atoms with Crippen LogP contribution in [0.1, 0.15) is 88.0 Å². The van der Waals surface area contributed by atoms with E-state index in [1.807, 2.05) is 86.3 Å². The number of halogens is 1. The lowest BCUT2D eigenvalue weighted by molar-refractivity contribution is -0.0491. The molecule has 1 amide bonds. The SMILES string of the molecule is CC1CC(C)(Oc2ccccc2)CC(C)N1.CC1CC(C)(Oc2ccccc2)CC(C)N1C(=O)OC(C)(C)C.CO.Cl. The molecule has 2 aromatic carbocycles. The summed E-state index contributed by atoms with van der Waals surface area (Å²) in [5.41, 5.74) is -0.790. The predicted molar refractivity (Wildman–Crippen MR) is 174 cm³/mol. The van der Waals surface area contributed by atoms with Gasteiger partial charge in [-0.15, -0.1) is 12.4 Å². The Bertz CT molecular complexity index is 1020. The summed E-state index contributed by atoms with van der Waals surface area (Å²) in [5.74, 6) is 1.85. The summed E-state index contributed by atoms with van der Waals surface area (Å²) in [6.07, 6.45) is 3.45. The summed E-state index contributed by atoms with van der Waals surface area (Å²) in [6.45, 7) is 18.6. The summed E-state index contributed by atoms with van der Waals surface area (Å²) in [6, 6.07) is 21.2. The third kappa shape index (κ3) is 12.0. The first-order valence-corrected chi connectivity index (χ1v) is 14.9. The van der Waals surface area contributed by atoms with Crippen molar-refractivity contribution in [2.75, 3.05) is 7.11 Å². The summed E-state index contributed by atoms with van der Waals surface area (Å²) in [7, 11) is 1.00. The Morgan fingerprint density at radius 3 is 1.48 bits per heavy atom. The van der Waals surface area contributed by atoms with Crippen LogP contribution < -0.4 is 14.8 Å². The Hall–Kier alpha value is -2.48. The smallest absolute Gasteiger partial charge is 0.410 e. The van der Waals surface area contributed by atoms with Gasteiger partial charge in [0.15, 0.2) is 0 Å². The number of nitrogens with zero attached hydrogens (tertiary/aromatic N) is 1. The molecule has 2 saturated heterocycles. The number of hydrogen-bond donors (Lipinski definition) is 2. The van der Waals surface area contributed by atoms with Gasteiger partial charge < -0.3 is 29.5 Å². The number of aliphatic hydroxyl groups is 1. The number of carbonyl (C=O) groups is 1. The molecule has 7 nitrogen and oxygen atoms in total. The van der Waals surface area contributed by atoms with E-state index in [1.165, 1.54) is 0 Å². The van der Waals surface area contributed by atoms with Crippen molar-refractivity contribution >= 4 is 18.5 Å². The van der Waals surface area contributed by atoms with Crippen molar-refractivity contribution < 1.29 is 24.1 Å². The van der Waals surface area contributed by atoms with E-state index in [2.05, 4.69) is 46.9 Å². The molecular weight excluding hydrogens is 552 g/mol. The summed E-state index contributed by atoms with van der Waals surface area (Å²) >= 11 is 0. The van der Waals surface area contributed by atoms with Gasteiger partial charge in [0, 0.05) is 57.0 Å². The molecule has 0 aliphatic carbocycles. The van der Waals surface area contributed by atoms with Crippen LogP contribution in [0.4, 0.5) is 4.79 Å². The topological polar surface area (TPSA) is 80.3 Å². The molecule has 0 radical (unpaired) electrons. The Morgan fingerprint density at radius 1 is 0.762 bits per heavy atom. The van der Waals surface area contributed by atoms with Crippen molar-refractivity contribution in [2.45, 2.75) is 129 Å². The third-order valence-corrected chi connectivity index (χ3v) is 7.27. The predicted octanol–water partition coefficient (Wildman–Crippen LogP) is 7.65. The first kappa shape index (κ1) is 37.5. The second-order valence-electron chi connectivity index (χ2n) is 13.1. The van der Waals surface area contributed by atoms with Gasteiger partial charge in [-0.25, -0.2) is 4.79 Å². The van der Waals surface area contributed by atoms with E-state index >= 15 is 0 Å². The molecule has 2 heterocycles. The minimum absolute atomic E-state index is 0. The van der Waals surface area contributed by atoms with E-state index in [0.717, 1.165) is 44.3 Å². The number of ether oxygens (including phenoxy) is 3. The first-order chi connectivity index (χ1) is 19.2. The number of aliphatic hydroxyl groups excluding tert-OH is 1. The zero-order valence-electron chi connectivity index (χ0n) is 27.3. The quantitative estimate of drug-likeness (QED) is 0.372. The number of benzene rings is 2. The summed E-state index contributed by atoms with van der Waals surface area (Å²) < 4.78 is 17.9. The first-order valence-electron chi connectivity index (χ1n) is 14.9. The fraction of sp³-hybridized carbons (Fsp3) is 0.618. The molecule has 0 spiro atoms. The highest BCUT2D eigenvalue weighted by Crippen LogP contribution is 2.36. The normalized spacial score (nSPS) is 28.9. The molecule has 4 rings (SSSR count). The molecular formula is C34H55ClN2O5. The summed E-state index contributed by atoms with van der Waals surface area (Å²) in [5, 5.41) is 10.5. The lowest BCUT2D eigenvalue weighted by Crippen LogP contribution is -2.57. The van der Waals surface area contributed by atoms with Crippen molar-refractivity contribution in [3.05, 3.63) is 60.7 Å².